The lowest BCUT2D eigenvalue weighted by molar-refractivity contribution is -0.0270. The first-order valence-corrected chi connectivity index (χ1v) is 14.5. The van der Waals surface area contributed by atoms with Gasteiger partial charge in [-0.25, -0.2) is 4.79 Å². The van der Waals surface area contributed by atoms with Gasteiger partial charge in [-0.1, -0.05) is 18.2 Å². The number of ether oxygens (including phenoxy) is 11. The van der Waals surface area contributed by atoms with Crippen LogP contribution >= 0.6 is 0 Å². The third kappa shape index (κ3) is 27.1. The smallest absolute Gasteiger partial charge is 0.338 e. The summed E-state index contributed by atoms with van der Waals surface area (Å²) in [5.74, 6) is -0.356. The van der Waals surface area contributed by atoms with Crippen molar-refractivity contribution < 1.29 is 56.9 Å². The molecule has 1 aromatic rings. The summed E-state index contributed by atoms with van der Waals surface area (Å²) in [6, 6.07) is 8.85. The quantitative estimate of drug-likeness (QED) is 0.0898. The van der Waals surface area contributed by atoms with E-state index >= 15 is 0 Å². The lowest BCUT2D eigenvalue weighted by atomic mass is 10.2. The van der Waals surface area contributed by atoms with Crippen LogP contribution in [-0.4, -0.2) is 151 Å². The number of carbonyl (C=O) groups excluding carboxylic acids is 1. The van der Waals surface area contributed by atoms with Crippen LogP contribution in [0.25, 0.3) is 0 Å². The van der Waals surface area contributed by atoms with E-state index in [1.807, 2.05) is 6.07 Å². The Kier molecular flexibility index (Phi) is 29.3. The van der Waals surface area contributed by atoms with Crippen molar-refractivity contribution in [3.63, 3.8) is 0 Å². The fourth-order valence-electron chi connectivity index (χ4n) is 3.02. The molecule has 0 radical (unpaired) electrons. The van der Waals surface area contributed by atoms with Gasteiger partial charge in [-0.05, 0) is 12.1 Å². The average Bonchev–Trinajstić information content (AvgIpc) is 3.02. The van der Waals surface area contributed by atoms with Gasteiger partial charge in [0.2, 0.25) is 0 Å². The summed E-state index contributed by atoms with van der Waals surface area (Å²) in [6.45, 7) is 10.6. The summed E-state index contributed by atoms with van der Waals surface area (Å²) in [5.41, 5.74) is 5.85. The molecule has 2 N–H and O–H groups in total. The van der Waals surface area contributed by atoms with Crippen molar-refractivity contribution in [2.24, 2.45) is 5.73 Å². The third-order valence-electron chi connectivity index (χ3n) is 5.08. The minimum absolute atomic E-state index is 0.203. The molecular weight excluding hydrogens is 554 g/mol. The molecule has 13 nitrogen and oxygen atoms in total. The second kappa shape index (κ2) is 32.2. The van der Waals surface area contributed by atoms with Crippen molar-refractivity contribution >= 4 is 5.97 Å². The first kappa shape index (κ1) is 38.3. The molecule has 1 aromatic carbocycles. The molecule has 13 heteroatoms. The SMILES string of the molecule is NCCOCCOCCOCCOCCOCCOCCOCCOCCOCCOCCOC(=O)c1ccccc1. The predicted octanol–water partition coefficient (Wildman–Crippen LogP) is 0.968. The van der Waals surface area contributed by atoms with Crippen LogP contribution in [-0.2, 0) is 52.1 Å². The summed E-state index contributed by atoms with van der Waals surface area (Å²) in [7, 11) is 0. The molecule has 0 aliphatic heterocycles. The van der Waals surface area contributed by atoms with Crippen molar-refractivity contribution in [2.45, 2.75) is 0 Å². The highest BCUT2D eigenvalue weighted by Crippen LogP contribution is 2.00. The summed E-state index contributed by atoms with van der Waals surface area (Å²) in [5, 5.41) is 0. The maximum absolute atomic E-state index is 11.8. The average molecular weight is 606 g/mol. The standard InChI is InChI=1S/C29H51NO12/c30-6-7-32-8-9-33-10-11-34-12-13-35-14-15-36-16-17-37-18-19-38-20-21-39-22-23-40-24-25-41-26-27-42-29(31)28-4-2-1-3-5-28/h1-5H,6-27,30H2. The van der Waals surface area contributed by atoms with E-state index in [2.05, 4.69) is 0 Å². The normalized spacial score (nSPS) is 11.3. The van der Waals surface area contributed by atoms with Crippen LogP contribution in [0.5, 0.6) is 0 Å². The predicted molar refractivity (Wildman–Crippen MR) is 154 cm³/mol. The summed E-state index contributed by atoms with van der Waals surface area (Å²) >= 11 is 0. The number of benzene rings is 1. The van der Waals surface area contributed by atoms with Crippen LogP contribution in [0.15, 0.2) is 30.3 Å². The number of hydrogen-bond acceptors (Lipinski definition) is 13. The van der Waals surface area contributed by atoms with E-state index < -0.39 is 0 Å². The van der Waals surface area contributed by atoms with E-state index in [9.17, 15) is 4.79 Å². The molecule has 0 aliphatic carbocycles. The fraction of sp³-hybridized carbons (Fsp3) is 0.759. The Balaban J connectivity index is 1.64. The zero-order valence-corrected chi connectivity index (χ0v) is 24.9. The van der Waals surface area contributed by atoms with Crippen LogP contribution in [0.2, 0.25) is 0 Å². The first-order chi connectivity index (χ1) is 20.8. The van der Waals surface area contributed by atoms with Crippen LogP contribution in [0.1, 0.15) is 10.4 Å². The maximum atomic E-state index is 11.8. The minimum atomic E-state index is -0.356. The highest BCUT2D eigenvalue weighted by atomic mass is 16.6. The maximum Gasteiger partial charge on any atom is 0.338 e. The van der Waals surface area contributed by atoms with Crippen molar-refractivity contribution in [1.82, 2.24) is 0 Å². The second-order valence-electron chi connectivity index (χ2n) is 8.41. The molecular formula is C29H51NO12. The number of carbonyl (C=O) groups is 1. The van der Waals surface area contributed by atoms with Crippen LogP contribution in [0, 0.1) is 0 Å². The molecule has 0 spiro atoms. The zero-order chi connectivity index (χ0) is 30.0. The van der Waals surface area contributed by atoms with Crippen LogP contribution < -0.4 is 5.73 Å². The lowest BCUT2D eigenvalue weighted by Crippen LogP contribution is -2.16. The monoisotopic (exact) mass is 605 g/mol. The van der Waals surface area contributed by atoms with E-state index in [4.69, 9.17) is 57.8 Å². The Bertz CT molecular complexity index is 686. The Morgan fingerprint density at radius 2 is 0.667 bits per heavy atom. The molecule has 0 fully saturated rings. The fourth-order valence-corrected chi connectivity index (χ4v) is 3.02. The van der Waals surface area contributed by atoms with Gasteiger partial charge in [0.15, 0.2) is 0 Å². The topological polar surface area (TPSA) is 145 Å². The lowest BCUT2D eigenvalue weighted by Gasteiger charge is -2.09. The number of esters is 1. The summed E-state index contributed by atoms with van der Waals surface area (Å²) in [4.78, 5) is 11.8. The highest BCUT2D eigenvalue weighted by molar-refractivity contribution is 5.89. The molecule has 1 rings (SSSR count). The number of nitrogens with two attached hydrogens (primary N) is 1. The van der Waals surface area contributed by atoms with Gasteiger partial charge in [-0.15, -0.1) is 0 Å². The molecule has 0 aromatic heterocycles. The van der Waals surface area contributed by atoms with Crippen molar-refractivity contribution in [3.05, 3.63) is 35.9 Å². The number of hydrogen-bond donors (Lipinski definition) is 1. The summed E-state index contributed by atoms with van der Waals surface area (Å²) < 4.78 is 59.2. The number of rotatable bonds is 33. The van der Waals surface area contributed by atoms with Gasteiger partial charge in [-0.2, -0.15) is 0 Å². The van der Waals surface area contributed by atoms with E-state index in [1.165, 1.54) is 0 Å². The van der Waals surface area contributed by atoms with Crippen LogP contribution in [0.3, 0.4) is 0 Å². The Labute approximate surface area is 250 Å². The van der Waals surface area contributed by atoms with E-state index in [0.717, 1.165) is 0 Å². The van der Waals surface area contributed by atoms with E-state index in [0.29, 0.717) is 144 Å². The van der Waals surface area contributed by atoms with Gasteiger partial charge in [0, 0.05) is 6.54 Å². The molecule has 0 bridgehead atoms. The van der Waals surface area contributed by atoms with Crippen molar-refractivity contribution in [2.75, 3.05) is 145 Å². The van der Waals surface area contributed by atoms with Gasteiger partial charge < -0.3 is 57.8 Å². The first-order valence-electron chi connectivity index (χ1n) is 14.5. The molecule has 0 amide bonds. The molecule has 42 heavy (non-hydrogen) atoms. The zero-order valence-electron chi connectivity index (χ0n) is 24.9. The van der Waals surface area contributed by atoms with E-state index in [-0.39, 0.29) is 12.6 Å². The van der Waals surface area contributed by atoms with Crippen LogP contribution in [0.4, 0.5) is 0 Å². The molecule has 0 saturated carbocycles. The molecule has 0 heterocycles. The largest absolute Gasteiger partial charge is 0.460 e. The van der Waals surface area contributed by atoms with Gasteiger partial charge in [0.25, 0.3) is 0 Å². The molecule has 244 valence electrons. The third-order valence-corrected chi connectivity index (χ3v) is 5.08. The minimum Gasteiger partial charge on any atom is -0.460 e. The van der Waals surface area contributed by atoms with E-state index in [1.54, 1.807) is 24.3 Å². The molecule has 0 atom stereocenters. The van der Waals surface area contributed by atoms with Crippen molar-refractivity contribution in [1.29, 1.82) is 0 Å². The summed E-state index contributed by atoms with van der Waals surface area (Å²) in [6.07, 6.45) is 0. The molecule has 0 saturated heterocycles. The Hall–Kier alpha value is -1.75. The van der Waals surface area contributed by atoms with Crippen molar-refractivity contribution in [3.8, 4) is 0 Å². The Morgan fingerprint density at radius 1 is 0.405 bits per heavy atom. The van der Waals surface area contributed by atoms with Gasteiger partial charge in [0.1, 0.15) is 6.61 Å². The molecule has 0 aliphatic rings. The van der Waals surface area contributed by atoms with Gasteiger partial charge >= 0.3 is 5.97 Å². The highest BCUT2D eigenvalue weighted by Gasteiger charge is 2.05. The Morgan fingerprint density at radius 3 is 0.952 bits per heavy atom. The van der Waals surface area contributed by atoms with Gasteiger partial charge in [-0.3, -0.25) is 0 Å². The molecule has 0 unspecified atom stereocenters. The second-order valence-corrected chi connectivity index (χ2v) is 8.41. The van der Waals surface area contributed by atoms with Gasteiger partial charge in [0.05, 0.1) is 138 Å².